The smallest absolute Gasteiger partial charge is 0.257 e. The van der Waals surface area contributed by atoms with E-state index >= 15 is 0 Å². The van der Waals surface area contributed by atoms with Crippen LogP contribution in [0.15, 0.2) is 23.0 Å². The Morgan fingerprint density at radius 3 is 2.80 bits per heavy atom. The minimum absolute atomic E-state index is 0.0479. The first-order valence-corrected chi connectivity index (χ1v) is 9.36. The summed E-state index contributed by atoms with van der Waals surface area (Å²) < 4.78 is 10.7. The third kappa shape index (κ3) is 3.45. The highest BCUT2D eigenvalue weighted by Gasteiger charge is 2.42. The number of carbonyl (C=O) groups is 2. The lowest BCUT2D eigenvalue weighted by atomic mass is 9.72. The average Bonchev–Trinajstić information content (AvgIpc) is 3.32. The number of hydrogen-bond acceptors (Lipinski definition) is 4. The molecule has 0 aliphatic carbocycles. The van der Waals surface area contributed by atoms with Crippen LogP contribution in [-0.2, 0) is 9.53 Å². The third-order valence-electron chi connectivity index (χ3n) is 6.08. The highest BCUT2D eigenvalue weighted by Crippen LogP contribution is 2.40. The quantitative estimate of drug-likeness (QED) is 0.842. The van der Waals surface area contributed by atoms with Gasteiger partial charge in [0.2, 0.25) is 5.91 Å². The number of amides is 2. The van der Waals surface area contributed by atoms with Gasteiger partial charge in [0.15, 0.2) is 0 Å². The minimum Gasteiger partial charge on any atom is -0.472 e. The number of nitrogens with zero attached hydrogens (tertiary/aromatic N) is 2. The molecule has 1 atom stereocenters. The van der Waals surface area contributed by atoms with Crippen molar-refractivity contribution in [3.63, 3.8) is 0 Å². The van der Waals surface area contributed by atoms with Crippen LogP contribution in [0.3, 0.4) is 0 Å². The van der Waals surface area contributed by atoms with Gasteiger partial charge in [-0.2, -0.15) is 0 Å². The third-order valence-corrected chi connectivity index (χ3v) is 6.08. The Kier molecular flexibility index (Phi) is 4.54. The molecule has 0 saturated carbocycles. The van der Waals surface area contributed by atoms with Gasteiger partial charge in [-0.15, -0.1) is 0 Å². The zero-order valence-corrected chi connectivity index (χ0v) is 14.6. The topological polar surface area (TPSA) is 63.0 Å². The Morgan fingerprint density at radius 1 is 1.28 bits per heavy atom. The van der Waals surface area contributed by atoms with E-state index in [1.807, 2.05) is 9.80 Å². The Hall–Kier alpha value is -1.82. The standard InChI is InChI=1S/C19H26N2O4/c22-17-3-5-19(14-21(17)12-16-2-1-10-25-16)6-8-20(9-7-19)18(23)15-4-11-24-13-15/h4,11,13,16H,1-3,5-10,12,14H2. The second-order valence-corrected chi connectivity index (χ2v) is 7.71. The van der Waals surface area contributed by atoms with E-state index in [1.54, 1.807) is 6.07 Å². The first kappa shape index (κ1) is 16.6. The SMILES string of the molecule is O=C1CCC2(CCN(C(=O)c3ccoc3)CC2)CN1CC1CCCO1. The molecule has 0 radical (unpaired) electrons. The number of ether oxygens (including phenoxy) is 1. The molecule has 0 N–H and O–H groups in total. The second-order valence-electron chi connectivity index (χ2n) is 7.71. The fourth-order valence-electron chi connectivity index (χ4n) is 4.46. The summed E-state index contributed by atoms with van der Waals surface area (Å²) in [5.41, 5.74) is 0.787. The summed E-state index contributed by atoms with van der Waals surface area (Å²) in [6.07, 6.45) is 8.92. The number of hydrogen-bond donors (Lipinski definition) is 0. The average molecular weight is 346 g/mol. The van der Waals surface area contributed by atoms with Crippen molar-refractivity contribution in [3.05, 3.63) is 24.2 Å². The van der Waals surface area contributed by atoms with E-state index in [0.29, 0.717) is 12.0 Å². The van der Waals surface area contributed by atoms with Gasteiger partial charge in [-0.3, -0.25) is 9.59 Å². The molecule has 3 aliphatic heterocycles. The van der Waals surface area contributed by atoms with Gasteiger partial charge in [-0.1, -0.05) is 0 Å². The number of rotatable bonds is 3. The Labute approximate surface area is 148 Å². The lowest BCUT2D eigenvalue weighted by Crippen LogP contribution is -2.53. The maximum atomic E-state index is 12.5. The molecule has 0 aromatic carbocycles. The Bertz CT molecular complexity index is 613. The Morgan fingerprint density at radius 2 is 2.12 bits per heavy atom. The van der Waals surface area contributed by atoms with Crippen LogP contribution in [0.4, 0.5) is 0 Å². The number of likely N-dealkylation sites (tertiary alicyclic amines) is 2. The minimum atomic E-state index is 0.0479. The van der Waals surface area contributed by atoms with Crippen molar-refractivity contribution in [3.8, 4) is 0 Å². The van der Waals surface area contributed by atoms with Gasteiger partial charge in [0, 0.05) is 39.2 Å². The molecule has 3 fully saturated rings. The van der Waals surface area contributed by atoms with Crippen molar-refractivity contribution >= 4 is 11.8 Å². The van der Waals surface area contributed by atoms with Crippen LogP contribution >= 0.6 is 0 Å². The van der Waals surface area contributed by atoms with Crippen molar-refractivity contribution in [1.29, 1.82) is 0 Å². The van der Waals surface area contributed by atoms with Gasteiger partial charge in [0.1, 0.15) is 6.26 Å². The molecule has 2 amide bonds. The first-order valence-electron chi connectivity index (χ1n) is 9.36. The van der Waals surface area contributed by atoms with Gasteiger partial charge in [0.25, 0.3) is 5.91 Å². The van der Waals surface area contributed by atoms with E-state index in [1.165, 1.54) is 12.5 Å². The summed E-state index contributed by atoms with van der Waals surface area (Å²) in [5.74, 6) is 0.310. The molecule has 3 saturated heterocycles. The zero-order valence-electron chi connectivity index (χ0n) is 14.6. The van der Waals surface area contributed by atoms with E-state index in [-0.39, 0.29) is 23.3 Å². The highest BCUT2D eigenvalue weighted by atomic mass is 16.5. The molecule has 4 rings (SSSR count). The monoisotopic (exact) mass is 346 g/mol. The molecule has 0 bridgehead atoms. The molecule has 1 aromatic heterocycles. The molecule has 1 unspecified atom stereocenters. The summed E-state index contributed by atoms with van der Waals surface area (Å²) in [5, 5.41) is 0. The van der Waals surface area contributed by atoms with Crippen LogP contribution < -0.4 is 0 Å². The van der Waals surface area contributed by atoms with Crippen molar-refractivity contribution in [2.45, 2.75) is 44.6 Å². The van der Waals surface area contributed by atoms with Crippen LogP contribution in [0.25, 0.3) is 0 Å². The van der Waals surface area contributed by atoms with E-state index in [0.717, 1.165) is 64.9 Å². The van der Waals surface area contributed by atoms with Crippen molar-refractivity contribution in [1.82, 2.24) is 9.80 Å². The summed E-state index contributed by atoms with van der Waals surface area (Å²) in [4.78, 5) is 28.7. The fraction of sp³-hybridized carbons (Fsp3) is 0.684. The number of piperidine rings is 2. The van der Waals surface area contributed by atoms with Crippen LogP contribution in [0.5, 0.6) is 0 Å². The summed E-state index contributed by atoms with van der Waals surface area (Å²) in [6.45, 7) is 3.89. The van der Waals surface area contributed by atoms with Gasteiger partial charge in [0.05, 0.1) is 17.9 Å². The second kappa shape index (κ2) is 6.83. The lowest BCUT2D eigenvalue weighted by Gasteiger charge is -2.47. The molecule has 4 heterocycles. The molecule has 136 valence electrons. The predicted molar refractivity (Wildman–Crippen MR) is 91.1 cm³/mol. The van der Waals surface area contributed by atoms with E-state index in [9.17, 15) is 9.59 Å². The molecular formula is C19H26N2O4. The molecular weight excluding hydrogens is 320 g/mol. The summed E-state index contributed by atoms with van der Waals surface area (Å²) in [6, 6.07) is 1.72. The molecule has 6 nitrogen and oxygen atoms in total. The molecule has 3 aliphatic rings. The van der Waals surface area contributed by atoms with Gasteiger partial charge in [-0.25, -0.2) is 0 Å². The van der Waals surface area contributed by atoms with Crippen molar-refractivity contribution in [2.75, 3.05) is 32.8 Å². The highest BCUT2D eigenvalue weighted by molar-refractivity contribution is 5.93. The lowest BCUT2D eigenvalue weighted by molar-refractivity contribution is -0.141. The molecule has 6 heteroatoms. The van der Waals surface area contributed by atoms with Crippen molar-refractivity contribution < 1.29 is 18.7 Å². The maximum absolute atomic E-state index is 12.5. The predicted octanol–water partition coefficient (Wildman–Crippen LogP) is 2.30. The summed E-state index contributed by atoms with van der Waals surface area (Å²) >= 11 is 0. The number of furan rings is 1. The van der Waals surface area contributed by atoms with Crippen LogP contribution in [0, 0.1) is 5.41 Å². The van der Waals surface area contributed by atoms with Crippen LogP contribution in [-0.4, -0.2) is 60.5 Å². The molecule has 1 spiro atoms. The van der Waals surface area contributed by atoms with Gasteiger partial charge in [-0.05, 0) is 43.6 Å². The van der Waals surface area contributed by atoms with Gasteiger partial charge < -0.3 is 19.0 Å². The van der Waals surface area contributed by atoms with Crippen LogP contribution in [0.2, 0.25) is 0 Å². The van der Waals surface area contributed by atoms with E-state index in [2.05, 4.69) is 0 Å². The molecule has 25 heavy (non-hydrogen) atoms. The maximum Gasteiger partial charge on any atom is 0.257 e. The summed E-state index contributed by atoms with van der Waals surface area (Å²) in [7, 11) is 0. The molecule has 1 aromatic rings. The van der Waals surface area contributed by atoms with Crippen LogP contribution in [0.1, 0.15) is 48.9 Å². The zero-order chi connectivity index (χ0) is 17.3. The van der Waals surface area contributed by atoms with E-state index in [4.69, 9.17) is 9.15 Å². The largest absolute Gasteiger partial charge is 0.472 e. The fourth-order valence-corrected chi connectivity index (χ4v) is 4.46. The first-order chi connectivity index (χ1) is 12.2. The Balaban J connectivity index is 1.36. The number of carbonyl (C=O) groups excluding carboxylic acids is 2. The van der Waals surface area contributed by atoms with E-state index < -0.39 is 0 Å². The van der Waals surface area contributed by atoms with Gasteiger partial charge >= 0.3 is 0 Å². The normalized spacial score (nSPS) is 26.4. The van der Waals surface area contributed by atoms with Crippen molar-refractivity contribution in [2.24, 2.45) is 5.41 Å².